The highest BCUT2D eigenvalue weighted by Gasteiger charge is 2.24. The molecular weight excluding hydrogens is 869 g/mol. The topological polar surface area (TPSA) is 137 Å². The molecular formula is C53H97N4O9S+. The van der Waals surface area contributed by atoms with Gasteiger partial charge in [-0.3, -0.25) is 0 Å². The number of aliphatic hydroxyl groups excluding tert-OH is 2. The van der Waals surface area contributed by atoms with E-state index in [1.54, 1.807) is 11.3 Å². The van der Waals surface area contributed by atoms with Crippen molar-refractivity contribution in [1.29, 1.82) is 0 Å². The number of hydrogen-bond donors (Lipinski definition) is 2. The smallest absolute Gasteiger partial charge is 0.394 e. The highest BCUT2D eigenvalue weighted by Crippen LogP contribution is 2.31. The standard InChI is InChI=1S/C53H97N4O9S/c1-5-7-9-11-13-15-17-19-21-23-25-33-63-46-49(65-41-39-61-36-32-59)44-57(52-29-27-28-51(48(52)3)54-55-53-56(4)30-43-67-53)45-50(66-42-40-62-38-37-60-35-31-58)47-64-34-26-24-22-20-18-16-14-12-10-8-6-2/h27-30,43,49-50,58-59H,5-26,31-42,44-47H2,1-4H3/q+1. The maximum absolute atomic E-state index is 9.30. The molecule has 0 amide bonds. The second-order valence-electron chi connectivity index (χ2n) is 17.8. The number of thiazole rings is 1. The van der Waals surface area contributed by atoms with Gasteiger partial charge in [0.1, 0.15) is 11.9 Å². The van der Waals surface area contributed by atoms with Crippen LogP contribution < -0.4 is 9.47 Å². The van der Waals surface area contributed by atoms with Crippen molar-refractivity contribution in [2.24, 2.45) is 17.3 Å². The summed E-state index contributed by atoms with van der Waals surface area (Å²) in [4.78, 5) is 2.32. The number of nitrogens with zero attached hydrogens (tertiary/aromatic N) is 4. The second-order valence-corrected chi connectivity index (χ2v) is 18.7. The van der Waals surface area contributed by atoms with Gasteiger partial charge in [0.05, 0.1) is 104 Å². The van der Waals surface area contributed by atoms with E-state index in [1.165, 1.54) is 128 Å². The average Bonchev–Trinajstić information content (AvgIpc) is 3.75. The van der Waals surface area contributed by atoms with E-state index >= 15 is 0 Å². The Kier molecular flexibility index (Phi) is 41.0. The van der Waals surface area contributed by atoms with Gasteiger partial charge in [0.2, 0.25) is 0 Å². The molecule has 0 aliphatic rings. The van der Waals surface area contributed by atoms with E-state index < -0.39 is 0 Å². The molecule has 1 aromatic carbocycles. The molecule has 0 aliphatic carbocycles. The molecule has 0 fully saturated rings. The summed E-state index contributed by atoms with van der Waals surface area (Å²) in [6.07, 6.45) is 29.9. The van der Waals surface area contributed by atoms with E-state index in [2.05, 4.69) is 36.9 Å². The van der Waals surface area contributed by atoms with E-state index in [4.69, 9.17) is 43.4 Å². The molecule has 0 saturated heterocycles. The van der Waals surface area contributed by atoms with Crippen LogP contribution in [0.15, 0.2) is 40.0 Å². The van der Waals surface area contributed by atoms with E-state index in [9.17, 15) is 5.11 Å². The van der Waals surface area contributed by atoms with Gasteiger partial charge in [0.15, 0.2) is 0 Å². The normalized spacial score (nSPS) is 12.7. The molecule has 67 heavy (non-hydrogen) atoms. The van der Waals surface area contributed by atoms with Crippen molar-refractivity contribution >= 4 is 27.8 Å². The van der Waals surface area contributed by atoms with E-state index in [0.717, 1.165) is 34.9 Å². The third-order valence-electron chi connectivity index (χ3n) is 11.9. The number of anilines is 1. The van der Waals surface area contributed by atoms with Crippen molar-refractivity contribution < 1.29 is 47.9 Å². The van der Waals surface area contributed by atoms with Crippen LogP contribution in [0.3, 0.4) is 0 Å². The summed E-state index contributed by atoms with van der Waals surface area (Å²) in [5, 5.41) is 30.5. The number of benzene rings is 1. The fourth-order valence-corrected chi connectivity index (χ4v) is 8.60. The third kappa shape index (κ3) is 33.2. The lowest BCUT2D eigenvalue weighted by Gasteiger charge is -2.33. The van der Waals surface area contributed by atoms with Crippen LogP contribution in [-0.4, -0.2) is 128 Å². The molecule has 2 rings (SSSR count). The summed E-state index contributed by atoms with van der Waals surface area (Å²) in [7, 11) is 1.97. The SMILES string of the molecule is CCCCCCCCCCCCCOCC(CN(CC(COCCCCCCCCCCCCC)OCCOCCOCCO)c1cccc(N=Nc2scc[n+]2C)c1C)OCCOCCO. The number of rotatable bonds is 50. The summed E-state index contributed by atoms with van der Waals surface area (Å²) in [5.74, 6) is 0. The summed E-state index contributed by atoms with van der Waals surface area (Å²) < 4.78 is 44.6. The van der Waals surface area contributed by atoms with Crippen LogP contribution in [0.1, 0.15) is 161 Å². The lowest BCUT2D eigenvalue weighted by molar-refractivity contribution is -0.654. The van der Waals surface area contributed by atoms with Crippen molar-refractivity contribution in [1.82, 2.24) is 0 Å². The largest absolute Gasteiger partial charge is 0.408 e. The van der Waals surface area contributed by atoms with Crippen molar-refractivity contribution in [3.8, 4) is 0 Å². The van der Waals surface area contributed by atoms with Crippen molar-refractivity contribution in [3.63, 3.8) is 0 Å². The van der Waals surface area contributed by atoms with E-state index in [-0.39, 0.29) is 32.0 Å². The van der Waals surface area contributed by atoms with Crippen LogP contribution in [0.5, 0.6) is 0 Å². The lowest BCUT2D eigenvalue weighted by Crippen LogP contribution is -2.44. The first-order valence-electron chi connectivity index (χ1n) is 26.6. The Balaban J connectivity index is 2.18. The molecule has 0 spiro atoms. The molecule has 14 heteroatoms. The minimum atomic E-state index is -0.263. The number of ether oxygens (including phenoxy) is 7. The number of unbranched alkanes of at least 4 members (excludes halogenated alkanes) is 20. The van der Waals surface area contributed by atoms with Gasteiger partial charge in [-0.15, -0.1) is 0 Å². The molecule has 2 atom stereocenters. The number of aliphatic hydroxyl groups is 2. The van der Waals surface area contributed by atoms with Crippen LogP contribution in [0, 0.1) is 6.92 Å². The molecule has 2 N–H and O–H groups in total. The summed E-state index contributed by atoms with van der Waals surface area (Å²) in [6.45, 7) is 13.0. The summed E-state index contributed by atoms with van der Waals surface area (Å²) in [5.41, 5.74) is 2.81. The highest BCUT2D eigenvalue weighted by atomic mass is 32.1. The molecule has 388 valence electrons. The van der Waals surface area contributed by atoms with Gasteiger partial charge in [-0.1, -0.05) is 148 Å². The van der Waals surface area contributed by atoms with E-state index in [0.29, 0.717) is 85.8 Å². The zero-order valence-corrected chi connectivity index (χ0v) is 43.7. The maximum Gasteiger partial charge on any atom is 0.408 e. The van der Waals surface area contributed by atoms with Gasteiger partial charge in [-0.25, -0.2) is 4.57 Å². The molecule has 2 unspecified atom stereocenters. The van der Waals surface area contributed by atoms with Gasteiger partial charge in [0, 0.05) is 42.9 Å². The molecule has 1 heterocycles. The molecule has 2 aromatic rings. The Morgan fingerprint density at radius 2 is 0.970 bits per heavy atom. The van der Waals surface area contributed by atoms with Gasteiger partial charge < -0.3 is 48.3 Å². The first-order chi connectivity index (χ1) is 33.0. The second kappa shape index (κ2) is 45.1. The first kappa shape index (κ1) is 61.0. The van der Waals surface area contributed by atoms with Crippen LogP contribution in [0.4, 0.5) is 16.5 Å². The molecule has 13 nitrogen and oxygen atoms in total. The Hall–Kier alpha value is -2.11. The Morgan fingerprint density at radius 3 is 1.40 bits per heavy atom. The predicted octanol–water partition coefficient (Wildman–Crippen LogP) is 11.6. The molecule has 0 aliphatic heterocycles. The van der Waals surface area contributed by atoms with Gasteiger partial charge in [-0.05, 0) is 48.3 Å². The first-order valence-corrected chi connectivity index (χ1v) is 27.4. The fraction of sp³-hybridized carbons (Fsp3) is 0.830. The van der Waals surface area contributed by atoms with Gasteiger partial charge in [0.25, 0.3) is 0 Å². The van der Waals surface area contributed by atoms with Gasteiger partial charge >= 0.3 is 5.13 Å². The molecule has 0 saturated carbocycles. The number of hydrogen-bond acceptors (Lipinski definition) is 13. The minimum absolute atomic E-state index is 0.00593. The average molecular weight is 966 g/mol. The molecule has 0 radical (unpaired) electrons. The third-order valence-corrected chi connectivity index (χ3v) is 12.7. The van der Waals surface area contributed by atoms with Crippen molar-refractivity contribution in [3.05, 3.63) is 35.3 Å². The Labute approximate surface area is 411 Å². The minimum Gasteiger partial charge on any atom is -0.394 e. The van der Waals surface area contributed by atoms with Crippen molar-refractivity contribution in [2.75, 3.05) is 110 Å². The maximum atomic E-state index is 9.30. The predicted molar refractivity (Wildman–Crippen MR) is 274 cm³/mol. The van der Waals surface area contributed by atoms with Gasteiger partial charge in [-0.2, -0.15) is 0 Å². The zero-order valence-electron chi connectivity index (χ0n) is 42.9. The lowest BCUT2D eigenvalue weighted by atomic mass is 10.1. The number of aryl methyl sites for hydroxylation is 1. The van der Waals surface area contributed by atoms with Crippen LogP contribution in [-0.2, 0) is 40.2 Å². The highest BCUT2D eigenvalue weighted by molar-refractivity contribution is 7.12. The van der Waals surface area contributed by atoms with Crippen molar-refractivity contribution in [2.45, 2.75) is 174 Å². The number of aromatic nitrogens is 1. The van der Waals surface area contributed by atoms with Crippen LogP contribution in [0.2, 0.25) is 0 Å². The summed E-state index contributed by atoms with van der Waals surface area (Å²) >= 11 is 1.55. The number of azo groups is 1. The monoisotopic (exact) mass is 966 g/mol. The van der Waals surface area contributed by atoms with Crippen LogP contribution in [0.25, 0.3) is 0 Å². The fourth-order valence-electron chi connectivity index (χ4n) is 7.92. The molecule has 0 bridgehead atoms. The Bertz CT molecular complexity index is 1410. The quantitative estimate of drug-likeness (QED) is 0.0374. The molecule has 1 aromatic heterocycles. The Morgan fingerprint density at radius 1 is 0.537 bits per heavy atom. The van der Waals surface area contributed by atoms with Crippen LogP contribution >= 0.6 is 11.3 Å². The van der Waals surface area contributed by atoms with E-state index in [1.807, 2.05) is 35.3 Å². The summed E-state index contributed by atoms with van der Waals surface area (Å²) in [6, 6.07) is 6.17. The zero-order chi connectivity index (χ0) is 48.1.